The second kappa shape index (κ2) is 6.02. The lowest BCUT2D eigenvalue weighted by Gasteiger charge is -1.84. The highest BCUT2D eigenvalue weighted by Crippen LogP contribution is 1.88. The Morgan fingerprint density at radius 2 is 2.43 bits per heavy atom. The van der Waals surface area contributed by atoms with Crippen LogP contribution in [0.4, 0.5) is 0 Å². The van der Waals surface area contributed by atoms with Crippen molar-refractivity contribution in [2.75, 3.05) is 18.6 Å². The van der Waals surface area contributed by atoms with Crippen molar-refractivity contribution in [3.63, 3.8) is 0 Å². The fraction of sp³-hybridized carbons (Fsp3) is 0.800. The van der Waals surface area contributed by atoms with Gasteiger partial charge in [-0.15, -0.1) is 0 Å². The van der Waals surface area contributed by atoms with E-state index in [0.29, 0.717) is 0 Å². The number of thioether (sulfide) groups is 1. The van der Waals surface area contributed by atoms with E-state index in [1.54, 1.807) is 0 Å². The maximum absolute atomic E-state index is 4.02. The zero-order valence-corrected chi connectivity index (χ0v) is 5.66. The zero-order valence-electron chi connectivity index (χ0n) is 4.85. The second-order valence-corrected chi connectivity index (χ2v) is 2.14. The van der Waals surface area contributed by atoms with Crippen LogP contribution in [0.3, 0.4) is 0 Å². The summed E-state index contributed by atoms with van der Waals surface area (Å²) in [5.74, 6) is 1.14. The molecular formula is C5H11NS. The summed E-state index contributed by atoms with van der Waals surface area (Å²) >= 11 is 1.83. The Hall–Kier alpha value is 0.0200. The molecule has 0 amide bonds. The molecule has 0 aliphatic rings. The predicted molar refractivity (Wildman–Crippen MR) is 37.4 cm³/mol. The van der Waals surface area contributed by atoms with Gasteiger partial charge in [-0.05, 0) is 19.4 Å². The van der Waals surface area contributed by atoms with Gasteiger partial charge < -0.3 is 0 Å². The SMILES string of the molecule is CC=NCCSC. The highest BCUT2D eigenvalue weighted by Gasteiger charge is 1.73. The average molecular weight is 117 g/mol. The second-order valence-electron chi connectivity index (χ2n) is 1.16. The number of hydrogen-bond acceptors (Lipinski definition) is 2. The van der Waals surface area contributed by atoms with Crippen molar-refractivity contribution in [1.29, 1.82) is 0 Å². The van der Waals surface area contributed by atoms with Gasteiger partial charge in [0.1, 0.15) is 0 Å². The Morgan fingerprint density at radius 1 is 1.71 bits per heavy atom. The summed E-state index contributed by atoms with van der Waals surface area (Å²) < 4.78 is 0. The standard InChI is InChI=1S/C5H11NS/c1-3-6-4-5-7-2/h3H,4-5H2,1-2H3. The van der Waals surface area contributed by atoms with Gasteiger partial charge in [0.15, 0.2) is 0 Å². The molecule has 1 nitrogen and oxygen atoms in total. The van der Waals surface area contributed by atoms with Crippen molar-refractivity contribution in [3.05, 3.63) is 0 Å². The minimum atomic E-state index is 0.970. The molecule has 0 saturated heterocycles. The molecule has 0 fully saturated rings. The lowest BCUT2D eigenvalue weighted by atomic mass is 10.7. The van der Waals surface area contributed by atoms with Crippen LogP contribution in [0.2, 0.25) is 0 Å². The summed E-state index contributed by atoms with van der Waals surface area (Å²) in [6, 6.07) is 0. The largest absolute Gasteiger partial charge is 0.297 e. The Bertz CT molecular complexity index is 52.0. The van der Waals surface area contributed by atoms with Gasteiger partial charge in [0.2, 0.25) is 0 Å². The molecule has 0 aromatic rings. The monoisotopic (exact) mass is 117 g/mol. The minimum absolute atomic E-state index is 0.970. The first-order chi connectivity index (χ1) is 3.41. The summed E-state index contributed by atoms with van der Waals surface area (Å²) in [5, 5.41) is 0. The molecule has 0 aromatic heterocycles. The molecule has 0 heterocycles. The molecular weight excluding hydrogens is 106 g/mol. The van der Waals surface area contributed by atoms with Crippen LogP contribution in [0.25, 0.3) is 0 Å². The molecule has 0 bridgehead atoms. The van der Waals surface area contributed by atoms with Crippen LogP contribution in [-0.2, 0) is 0 Å². The average Bonchev–Trinajstić information content (AvgIpc) is 1.69. The van der Waals surface area contributed by atoms with Crippen molar-refractivity contribution in [1.82, 2.24) is 0 Å². The molecule has 0 saturated carbocycles. The van der Waals surface area contributed by atoms with E-state index < -0.39 is 0 Å². The van der Waals surface area contributed by atoms with E-state index in [9.17, 15) is 0 Å². The van der Waals surface area contributed by atoms with Crippen LogP contribution in [-0.4, -0.2) is 24.8 Å². The van der Waals surface area contributed by atoms with E-state index in [2.05, 4.69) is 11.2 Å². The zero-order chi connectivity index (χ0) is 5.54. The van der Waals surface area contributed by atoms with Gasteiger partial charge in [0.25, 0.3) is 0 Å². The van der Waals surface area contributed by atoms with Gasteiger partial charge in [-0.1, -0.05) is 0 Å². The van der Waals surface area contributed by atoms with Gasteiger partial charge >= 0.3 is 0 Å². The molecule has 0 unspecified atom stereocenters. The molecule has 0 radical (unpaired) electrons. The smallest absolute Gasteiger partial charge is 0.0475 e. The lowest BCUT2D eigenvalue weighted by Crippen LogP contribution is -1.81. The van der Waals surface area contributed by atoms with Crippen molar-refractivity contribution in [2.45, 2.75) is 6.92 Å². The molecule has 0 atom stereocenters. The highest BCUT2D eigenvalue weighted by atomic mass is 32.2. The van der Waals surface area contributed by atoms with Gasteiger partial charge in [-0.3, -0.25) is 4.99 Å². The van der Waals surface area contributed by atoms with E-state index in [1.807, 2.05) is 24.9 Å². The number of rotatable bonds is 3. The maximum atomic E-state index is 4.02. The molecule has 0 aliphatic carbocycles. The van der Waals surface area contributed by atoms with E-state index >= 15 is 0 Å². The Morgan fingerprint density at radius 3 is 2.86 bits per heavy atom. The van der Waals surface area contributed by atoms with Crippen LogP contribution in [0.1, 0.15) is 6.92 Å². The van der Waals surface area contributed by atoms with Gasteiger partial charge in [0, 0.05) is 12.3 Å². The fourth-order valence-electron chi connectivity index (χ4n) is 0.273. The lowest BCUT2D eigenvalue weighted by molar-refractivity contribution is 1.15. The summed E-state index contributed by atoms with van der Waals surface area (Å²) in [6.45, 7) is 2.91. The van der Waals surface area contributed by atoms with Crippen molar-refractivity contribution < 1.29 is 0 Å². The number of aliphatic imine (C=N–C) groups is 1. The molecule has 42 valence electrons. The normalized spacial score (nSPS) is 10.6. The van der Waals surface area contributed by atoms with Gasteiger partial charge in [-0.25, -0.2) is 0 Å². The molecule has 0 N–H and O–H groups in total. The fourth-order valence-corrected chi connectivity index (χ4v) is 0.561. The third-order valence-electron chi connectivity index (χ3n) is 0.607. The summed E-state index contributed by atoms with van der Waals surface area (Å²) in [7, 11) is 0. The van der Waals surface area contributed by atoms with Crippen LogP contribution in [0, 0.1) is 0 Å². The van der Waals surface area contributed by atoms with Crippen LogP contribution < -0.4 is 0 Å². The molecule has 2 heteroatoms. The number of nitrogens with zero attached hydrogens (tertiary/aromatic N) is 1. The Labute approximate surface area is 49.2 Å². The van der Waals surface area contributed by atoms with Crippen LogP contribution in [0.15, 0.2) is 4.99 Å². The maximum Gasteiger partial charge on any atom is 0.0475 e. The predicted octanol–water partition coefficient (Wildman–Crippen LogP) is 1.44. The van der Waals surface area contributed by atoms with E-state index in [0.717, 1.165) is 12.3 Å². The summed E-state index contributed by atoms with van der Waals surface area (Å²) in [6.07, 6.45) is 3.93. The van der Waals surface area contributed by atoms with Crippen LogP contribution in [0.5, 0.6) is 0 Å². The van der Waals surface area contributed by atoms with Crippen molar-refractivity contribution in [2.24, 2.45) is 4.99 Å². The van der Waals surface area contributed by atoms with E-state index in [-0.39, 0.29) is 0 Å². The summed E-state index contributed by atoms with van der Waals surface area (Å²) in [5.41, 5.74) is 0. The van der Waals surface area contributed by atoms with Gasteiger partial charge in [-0.2, -0.15) is 11.8 Å². The number of hydrogen-bond donors (Lipinski definition) is 0. The Kier molecular flexibility index (Phi) is 6.04. The van der Waals surface area contributed by atoms with Crippen molar-refractivity contribution >= 4 is 18.0 Å². The first-order valence-corrected chi connectivity index (χ1v) is 3.74. The van der Waals surface area contributed by atoms with E-state index in [4.69, 9.17) is 0 Å². The molecule has 0 rings (SSSR count). The topological polar surface area (TPSA) is 12.4 Å². The molecule has 0 aliphatic heterocycles. The van der Waals surface area contributed by atoms with E-state index in [1.165, 1.54) is 0 Å². The van der Waals surface area contributed by atoms with Gasteiger partial charge in [0.05, 0.1) is 0 Å². The molecule has 0 aromatic carbocycles. The molecule has 0 spiro atoms. The third kappa shape index (κ3) is 6.02. The minimum Gasteiger partial charge on any atom is -0.297 e. The first-order valence-electron chi connectivity index (χ1n) is 2.35. The third-order valence-corrected chi connectivity index (χ3v) is 1.20. The van der Waals surface area contributed by atoms with Crippen LogP contribution >= 0.6 is 11.8 Å². The highest BCUT2D eigenvalue weighted by molar-refractivity contribution is 7.98. The molecule has 7 heavy (non-hydrogen) atoms. The Balaban J connectivity index is 2.69. The first kappa shape index (κ1) is 7.02. The van der Waals surface area contributed by atoms with Crippen molar-refractivity contribution in [3.8, 4) is 0 Å². The summed E-state index contributed by atoms with van der Waals surface area (Å²) in [4.78, 5) is 4.02. The quantitative estimate of drug-likeness (QED) is 0.402.